The Morgan fingerprint density at radius 2 is 1.73 bits per heavy atom. The molecule has 0 spiro atoms. The highest BCUT2D eigenvalue weighted by Crippen LogP contribution is 2.26. The quantitative estimate of drug-likeness (QED) is 0.644. The second kappa shape index (κ2) is 9.45. The number of nitrogens with zero attached hydrogens (tertiary/aromatic N) is 2. The molecular formula is C25H29N3OS. The van der Waals surface area contributed by atoms with Crippen LogP contribution in [0.25, 0.3) is 0 Å². The number of rotatable bonds is 6. The van der Waals surface area contributed by atoms with Crippen molar-refractivity contribution in [2.24, 2.45) is 0 Å². The molecule has 1 aliphatic heterocycles. The van der Waals surface area contributed by atoms with E-state index in [1.165, 1.54) is 27.3 Å². The third-order valence-corrected chi connectivity index (χ3v) is 6.90. The van der Waals surface area contributed by atoms with E-state index in [-0.39, 0.29) is 11.9 Å². The fraction of sp³-hybridized carbons (Fsp3) is 0.320. The molecule has 0 radical (unpaired) electrons. The summed E-state index contributed by atoms with van der Waals surface area (Å²) in [5, 5.41) is 5.59. The summed E-state index contributed by atoms with van der Waals surface area (Å²) in [5.41, 5.74) is 5.13. The van der Waals surface area contributed by atoms with Gasteiger partial charge in [0.1, 0.15) is 0 Å². The Morgan fingerprint density at radius 1 is 0.967 bits per heavy atom. The Labute approximate surface area is 183 Å². The monoisotopic (exact) mass is 419 g/mol. The van der Waals surface area contributed by atoms with Gasteiger partial charge in [0.05, 0.1) is 12.6 Å². The van der Waals surface area contributed by atoms with Gasteiger partial charge in [-0.05, 0) is 48.1 Å². The molecule has 2 aromatic carbocycles. The first-order valence-electron chi connectivity index (χ1n) is 10.5. The van der Waals surface area contributed by atoms with Gasteiger partial charge in [0, 0.05) is 36.7 Å². The van der Waals surface area contributed by atoms with Crippen LogP contribution in [-0.2, 0) is 4.79 Å². The van der Waals surface area contributed by atoms with Crippen molar-refractivity contribution in [1.82, 2.24) is 10.2 Å². The lowest BCUT2D eigenvalue weighted by molar-refractivity contribution is -0.130. The molecule has 4 nitrogen and oxygen atoms in total. The summed E-state index contributed by atoms with van der Waals surface area (Å²) in [7, 11) is 0. The van der Waals surface area contributed by atoms with Crippen molar-refractivity contribution in [2.75, 3.05) is 37.6 Å². The number of piperazine rings is 1. The molecule has 4 rings (SSSR count). The smallest absolute Gasteiger partial charge is 0.236 e. The molecule has 0 saturated carbocycles. The van der Waals surface area contributed by atoms with Gasteiger partial charge in [-0.1, -0.05) is 48.5 Å². The summed E-state index contributed by atoms with van der Waals surface area (Å²) in [4.78, 5) is 18.5. The van der Waals surface area contributed by atoms with Crippen molar-refractivity contribution in [3.8, 4) is 0 Å². The number of benzene rings is 2. The minimum atomic E-state index is 0.0476. The van der Waals surface area contributed by atoms with Crippen molar-refractivity contribution < 1.29 is 4.79 Å². The maximum atomic E-state index is 12.9. The number of thiophene rings is 1. The lowest BCUT2D eigenvalue weighted by Crippen LogP contribution is -2.51. The fourth-order valence-electron chi connectivity index (χ4n) is 4.06. The van der Waals surface area contributed by atoms with Gasteiger partial charge in [0.2, 0.25) is 5.91 Å². The highest BCUT2D eigenvalue weighted by molar-refractivity contribution is 7.10. The van der Waals surface area contributed by atoms with E-state index in [1.807, 2.05) is 23.1 Å². The van der Waals surface area contributed by atoms with Crippen LogP contribution >= 0.6 is 11.3 Å². The number of nitrogens with one attached hydrogen (secondary N) is 1. The number of carbonyl (C=O) groups is 1. The van der Waals surface area contributed by atoms with E-state index in [1.54, 1.807) is 11.3 Å². The number of carbonyl (C=O) groups excluding carboxylic acids is 1. The van der Waals surface area contributed by atoms with Gasteiger partial charge >= 0.3 is 0 Å². The predicted molar refractivity (Wildman–Crippen MR) is 125 cm³/mol. The molecule has 1 aliphatic rings. The maximum Gasteiger partial charge on any atom is 0.236 e. The molecule has 5 heteroatoms. The number of hydrogen-bond acceptors (Lipinski definition) is 4. The molecule has 1 atom stereocenters. The Balaban J connectivity index is 1.36. The van der Waals surface area contributed by atoms with Crippen LogP contribution in [0.1, 0.15) is 27.6 Å². The molecule has 0 aliphatic carbocycles. The van der Waals surface area contributed by atoms with Gasteiger partial charge < -0.3 is 9.80 Å². The summed E-state index contributed by atoms with van der Waals surface area (Å²) < 4.78 is 0. The van der Waals surface area contributed by atoms with Crippen molar-refractivity contribution in [2.45, 2.75) is 19.9 Å². The normalized spacial score (nSPS) is 15.3. The summed E-state index contributed by atoms with van der Waals surface area (Å²) in [6.07, 6.45) is 0. The van der Waals surface area contributed by atoms with Crippen LogP contribution in [0.2, 0.25) is 0 Å². The van der Waals surface area contributed by atoms with E-state index < -0.39 is 0 Å². The Bertz CT molecular complexity index is 963. The fourth-order valence-corrected chi connectivity index (χ4v) is 4.89. The largest absolute Gasteiger partial charge is 0.368 e. The number of hydrogen-bond donors (Lipinski definition) is 1. The van der Waals surface area contributed by atoms with E-state index in [2.05, 4.69) is 71.9 Å². The molecule has 1 fully saturated rings. The van der Waals surface area contributed by atoms with E-state index in [4.69, 9.17) is 0 Å². The lowest BCUT2D eigenvalue weighted by Gasteiger charge is -2.37. The first-order chi connectivity index (χ1) is 14.6. The standard InChI is InChI=1S/C25H29N3OS/c1-19-8-6-11-22(20(19)2)27-13-15-28(16-14-27)24(29)18-26-25(23-12-7-17-30-23)21-9-4-3-5-10-21/h3-12,17,25-26H,13-16,18H2,1-2H3/t25-/m1/s1. The summed E-state index contributed by atoms with van der Waals surface area (Å²) in [6.45, 7) is 7.97. The molecule has 1 N–H and O–H groups in total. The van der Waals surface area contributed by atoms with E-state index in [0.29, 0.717) is 6.54 Å². The second-order valence-corrected chi connectivity index (χ2v) is 8.81. The van der Waals surface area contributed by atoms with Gasteiger partial charge in [-0.15, -0.1) is 11.3 Å². The molecule has 2 heterocycles. The van der Waals surface area contributed by atoms with Crippen LogP contribution < -0.4 is 10.2 Å². The van der Waals surface area contributed by atoms with Crippen LogP contribution in [0, 0.1) is 13.8 Å². The predicted octanol–water partition coefficient (Wildman–Crippen LogP) is 4.39. The molecule has 3 aromatic rings. The van der Waals surface area contributed by atoms with Gasteiger partial charge in [-0.3, -0.25) is 10.1 Å². The molecule has 1 aromatic heterocycles. The molecular weight excluding hydrogens is 390 g/mol. The van der Waals surface area contributed by atoms with Crippen LogP contribution in [0.4, 0.5) is 5.69 Å². The maximum absolute atomic E-state index is 12.9. The zero-order valence-corrected chi connectivity index (χ0v) is 18.5. The van der Waals surface area contributed by atoms with Crippen molar-refractivity contribution in [1.29, 1.82) is 0 Å². The molecule has 0 unspecified atom stereocenters. The minimum Gasteiger partial charge on any atom is -0.368 e. The molecule has 156 valence electrons. The first-order valence-corrected chi connectivity index (χ1v) is 11.4. The van der Waals surface area contributed by atoms with Gasteiger partial charge in [0.15, 0.2) is 0 Å². The van der Waals surface area contributed by atoms with Gasteiger partial charge in [0.25, 0.3) is 0 Å². The number of amides is 1. The zero-order valence-electron chi connectivity index (χ0n) is 17.7. The Hall–Kier alpha value is -2.63. The van der Waals surface area contributed by atoms with E-state index in [0.717, 1.165) is 26.2 Å². The highest BCUT2D eigenvalue weighted by Gasteiger charge is 2.23. The Kier molecular flexibility index (Phi) is 6.50. The van der Waals surface area contributed by atoms with Crippen LogP contribution in [-0.4, -0.2) is 43.5 Å². The number of anilines is 1. The highest BCUT2D eigenvalue weighted by atomic mass is 32.1. The molecule has 30 heavy (non-hydrogen) atoms. The van der Waals surface area contributed by atoms with E-state index in [9.17, 15) is 4.79 Å². The first kappa shape index (κ1) is 20.6. The third kappa shape index (κ3) is 4.58. The molecule has 1 amide bonds. The number of aryl methyl sites for hydroxylation is 1. The summed E-state index contributed by atoms with van der Waals surface area (Å²) in [6, 6.07) is 21.0. The van der Waals surface area contributed by atoms with E-state index >= 15 is 0 Å². The topological polar surface area (TPSA) is 35.6 Å². The summed E-state index contributed by atoms with van der Waals surface area (Å²) >= 11 is 1.72. The second-order valence-electron chi connectivity index (χ2n) is 7.83. The van der Waals surface area contributed by atoms with Crippen LogP contribution in [0.3, 0.4) is 0 Å². The SMILES string of the molecule is Cc1cccc(N2CCN(C(=O)CN[C@H](c3ccccc3)c3cccs3)CC2)c1C. The van der Waals surface area contributed by atoms with Crippen molar-refractivity contribution in [3.05, 3.63) is 87.6 Å². The lowest BCUT2D eigenvalue weighted by atomic mass is 10.1. The average molecular weight is 420 g/mol. The Morgan fingerprint density at radius 3 is 2.43 bits per heavy atom. The van der Waals surface area contributed by atoms with Crippen molar-refractivity contribution >= 4 is 22.9 Å². The summed E-state index contributed by atoms with van der Waals surface area (Å²) in [5.74, 6) is 0.174. The molecule has 0 bridgehead atoms. The van der Waals surface area contributed by atoms with Crippen LogP contribution in [0.15, 0.2) is 66.0 Å². The molecule has 1 saturated heterocycles. The zero-order chi connectivity index (χ0) is 20.9. The van der Waals surface area contributed by atoms with Gasteiger partial charge in [-0.25, -0.2) is 0 Å². The minimum absolute atomic E-state index is 0.0476. The van der Waals surface area contributed by atoms with Crippen molar-refractivity contribution in [3.63, 3.8) is 0 Å². The van der Waals surface area contributed by atoms with Crippen LogP contribution in [0.5, 0.6) is 0 Å². The average Bonchev–Trinajstić information content (AvgIpc) is 3.31. The third-order valence-electron chi connectivity index (χ3n) is 5.97. The van der Waals surface area contributed by atoms with Gasteiger partial charge in [-0.2, -0.15) is 0 Å².